The highest BCUT2D eigenvalue weighted by Crippen LogP contribution is 2.40. The molecule has 126 valence electrons. The number of hydrogen-bond donors (Lipinski definition) is 1. The number of fused-ring (bicyclic) bond motifs is 1. The number of aryl methyl sites for hydroxylation is 2. The van der Waals surface area contributed by atoms with Gasteiger partial charge in [0.2, 0.25) is 5.91 Å². The number of nitrogens with zero attached hydrogens (tertiary/aromatic N) is 4. The zero-order chi connectivity index (χ0) is 17.6. The maximum absolute atomic E-state index is 12.4. The number of aromatic nitrogens is 4. The molecule has 1 atom stereocenters. The number of amides is 1. The van der Waals surface area contributed by atoms with Crippen LogP contribution >= 0.6 is 11.6 Å². The van der Waals surface area contributed by atoms with Gasteiger partial charge in [0, 0.05) is 17.9 Å². The normalized spacial score (nSPS) is 16.4. The third-order valence-corrected chi connectivity index (χ3v) is 4.70. The molecule has 2 aromatic heterocycles. The average Bonchev–Trinajstić information content (AvgIpc) is 2.92. The van der Waals surface area contributed by atoms with E-state index in [4.69, 9.17) is 11.6 Å². The van der Waals surface area contributed by atoms with Gasteiger partial charge < -0.3 is 5.32 Å². The van der Waals surface area contributed by atoms with Crippen LogP contribution in [0.15, 0.2) is 36.4 Å². The molecular weight excluding hydrogens is 338 g/mol. The lowest BCUT2D eigenvalue weighted by Gasteiger charge is -2.25. The monoisotopic (exact) mass is 353 g/mol. The fourth-order valence-electron chi connectivity index (χ4n) is 3.38. The molecule has 0 saturated heterocycles. The summed E-state index contributed by atoms with van der Waals surface area (Å²) in [6, 6.07) is 11.5. The van der Waals surface area contributed by atoms with Crippen molar-refractivity contribution in [2.45, 2.75) is 26.2 Å². The minimum atomic E-state index is -0.0381. The van der Waals surface area contributed by atoms with E-state index in [1.165, 1.54) is 0 Å². The Hall–Kier alpha value is -2.73. The number of rotatable bonds is 2. The second-order valence-corrected chi connectivity index (χ2v) is 6.52. The Labute approximate surface area is 149 Å². The highest BCUT2D eigenvalue weighted by molar-refractivity contribution is 6.29. The maximum atomic E-state index is 12.4. The van der Waals surface area contributed by atoms with E-state index in [-0.39, 0.29) is 11.8 Å². The first-order valence-electron chi connectivity index (χ1n) is 7.99. The summed E-state index contributed by atoms with van der Waals surface area (Å²) in [5.74, 6) is 1.10. The number of anilines is 1. The van der Waals surface area contributed by atoms with Crippen LogP contribution in [0.1, 0.15) is 34.7 Å². The lowest BCUT2D eigenvalue weighted by atomic mass is 9.84. The molecule has 6 nitrogen and oxygen atoms in total. The van der Waals surface area contributed by atoms with Gasteiger partial charge in [0.25, 0.3) is 0 Å². The molecule has 0 aliphatic carbocycles. The molecule has 1 N–H and O–H groups in total. The first kappa shape index (κ1) is 15.8. The third-order valence-electron chi connectivity index (χ3n) is 4.50. The van der Waals surface area contributed by atoms with Gasteiger partial charge in [-0.05, 0) is 37.1 Å². The van der Waals surface area contributed by atoms with Crippen LogP contribution in [0.3, 0.4) is 0 Å². The first-order valence-corrected chi connectivity index (χ1v) is 8.37. The quantitative estimate of drug-likeness (QED) is 0.766. The van der Waals surface area contributed by atoms with Gasteiger partial charge in [-0.15, -0.1) is 10.2 Å². The van der Waals surface area contributed by atoms with Crippen molar-refractivity contribution in [3.05, 3.63) is 63.9 Å². The van der Waals surface area contributed by atoms with Gasteiger partial charge in [-0.2, -0.15) is 9.78 Å². The standard InChI is InChI=1S/C18H16ClN5O/c1-10-5-3-4-6-12(10)13-9-16(25)20-18-17(13)11(2)23-24(18)15-8-7-14(19)21-22-15/h3-8,13H,9H2,1-2H3,(H,20,25)/t13-/m0/s1. The fraction of sp³-hybridized carbons (Fsp3) is 0.222. The van der Waals surface area contributed by atoms with Crippen LogP contribution in [0.25, 0.3) is 5.82 Å². The number of nitrogens with one attached hydrogen (secondary N) is 1. The Morgan fingerprint density at radius 3 is 2.68 bits per heavy atom. The van der Waals surface area contributed by atoms with Crippen molar-refractivity contribution in [1.29, 1.82) is 0 Å². The Bertz CT molecular complexity index is 964. The summed E-state index contributed by atoms with van der Waals surface area (Å²) in [6.45, 7) is 4.01. The molecular formula is C18H16ClN5O. The lowest BCUT2D eigenvalue weighted by molar-refractivity contribution is -0.116. The molecule has 4 rings (SSSR count). The fourth-order valence-corrected chi connectivity index (χ4v) is 3.48. The van der Waals surface area contributed by atoms with Crippen LogP contribution in [-0.2, 0) is 4.79 Å². The zero-order valence-electron chi connectivity index (χ0n) is 13.8. The average molecular weight is 354 g/mol. The van der Waals surface area contributed by atoms with Crippen LogP contribution in [0.2, 0.25) is 5.15 Å². The number of halogens is 1. The SMILES string of the molecule is Cc1ccccc1[C@@H]1CC(=O)Nc2c1c(C)nn2-c1ccc(Cl)nn1. The molecule has 0 bridgehead atoms. The predicted octanol–water partition coefficient (Wildman–Crippen LogP) is 3.41. The summed E-state index contributed by atoms with van der Waals surface area (Å²) in [4.78, 5) is 12.4. The van der Waals surface area contributed by atoms with Crippen molar-refractivity contribution in [1.82, 2.24) is 20.0 Å². The molecule has 0 saturated carbocycles. The zero-order valence-corrected chi connectivity index (χ0v) is 14.6. The van der Waals surface area contributed by atoms with Crippen molar-refractivity contribution in [2.75, 3.05) is 5.32 Å². The predicted molar refractivity (Wildman–Crippen MR) is 95.2 cm³/mol. The molecule has 0 radical (unpaired) electrons. The molecule has 0 spiro atoms. The van der Waals surface area contributed by atoms with Crippen molar-refractivity contribution in [3.8, 4) is 5.82 Å². The third kappa shape index (κ3) is 2.68. The molecule has 1 aliphatic heterocycles. The molecule has 25 heavy (non-hydrogen) atoms. The minimum Gasteiger partial charge on any atom is -0.310 e. The van der Waals surface area contributed by atoms with Crippen LogP contribution < -0.4 is 5.32 Å². The second kappa shape index (κ2) is 5.97. The largest absolute Gasteiger partial charge is 0.310 e. The van der Waals surface area contributed by atoms with Crippen molar-refractivity contribution in [2.24, 2.45) is 0 Å². The van der Waals surface area contributed by atoms with E-state index >= 15 is 0 Å². The van der Waals surface area contributed by atoms with Gasteiger partial charge in [0.05, 0.1) is 5.69 Å². The Kier molecular flexibility index (Phi) is 3.77. The van der Waals surface area contributed by atoms with Gasteiger partial charge in [-0.3, -0.25) is 4.79 Å². The lowest BCUT2D eigenvalue weighted by Crippen LogP contribution is -2.25. The van der Waals surface area contributed by atoms with Gasteiger partial charge in [-0.25, -0.2) is 0 Å². The van der Waals surface area contributed by atoms with Crippen LogP contribution in [-0.4, -0.2) is 25.9 Å². The second-order valence-electron chi connectivity index (χ2n) is 6.14. The van der Waals surface area contributed by atoms with Crippen molar-refractivity contribution in [3.63, 3.8) is 0 Å². The number of carbonyl (C=O) groups excluding carboxylic acids is 1. The molecule has 0 unspecified atom stereocenters. The molecule has 1 aliphatic rings. The van der Waals surface area contributed by atoms with Gasteiger partial charge >= 0.3 is 0 Å². The van der Waals surface area contributed by atoms with Gasteiger partial charge in [-0.1, -0.05) is 35.9 Å². The van der Waals surface area contributed by atoms with E-state index in [9.17, 15) is 4.79 Å². The summed E-state index contributed by atoms with van der Waals surface area (Å²) < 4.78 is 1.62. The van der Waals surface area contributed by atoms with Crippen molar-refractivity contribution < 1.29 is 4.79 Å². The van der Waals surface area contributed by atoms with E-state index in [0.717, 1.165) is 22.4 Å². The Balaban J connectivity index is 1.89. The van der Waals surface area contributed by atoms with E-state index in [2.05, 4.69) is 39.7 Å². The van der Waals surface area contributed by atoms with Crippen molar-refractivity contribution >= 4 is 23.3 Å². The summed E-state index contributed by atoms with van der Waals surface area (Å²) in [5.41, 5.74) is 4.18. The molecule has 1 amide bonds. The first-order chi connectivity index (χ1) is 12.0. The summed E-state index contributed by atoms with van der Waals surface area (Å²) >= 11 is 5.82. The van der Waals surface area contributed by atoms with E-state index in [1.54, 1.807) is 16.8 Å². The van der Waals surface area contributed by atoms with Gasteiger partial charge in [0.15, 0.2) is 11.0 Å². The van der Waals surface area contributed by atoms with Crippen LogP contribution in [0, 0.1) is 13.8 Å². The Morgan fingerprint density at radius 1 is 1.16 bits per heavy atom. The van der Waals surface area contributed by atoms with E-state index < -0.39 is 0 Å². The molecule has 3 heterocycles. The highest BCUT2D eigenvalue weighted by Gasteiger charge is 2.33. The van der Waals surface area contributed by atoms with Crippen LogP contribution in [0.4, 0.5) is 5.82 Å². The number of hydrogen-bond acceptors (Lipinski definition) is 4. The topological polar surface area (TPSA) is 72.7 Å². The molecule has 3 aromatic rings. The summed E-state index contributed by atoms with van der Waals surface area (Å²) in [6.07, 6.45) is 0.399. The maximum Gasteiger partial charge on any atom is 0.226 e. The number of carbonyl (C=O) groups is 1. The summed E-state index contributed by atoms with van der Waals surface area (Å²) in [5, 5.41) is 15.8. The van der Waals surface area contributed by atoms with E-state index in [0.29, 0.717) is 23.2 Å². The van der Waals surface area contributed by atoms with Gasteiger partial charge in [0.1, 0.15) is 5.82 Å². The highest BCUT2D eigenvalue weighted by atomic mass is 35.5. The molecule has 0 fully saturated rings. The summed E-state index contributed by atoms with van der Waals surface area (Å²) in [7, 11) is 0. The smallest absolute Gasteiger partial charge is 0.226 e. The Morgan fingerprint density at radius 2 is 1.96 bits per heavy atom. The van der Waals surface area contributed by atoms with Crippen LogP contribution in [0.5, 0.6) is 0 Å². The van der Waals surface area contributed by atoms with E-state index in [1.807, 2.05) is 19.1 Å². The number of benzene rings is 1. The molecule has 7 heteroatoms. The molecule has 1 aromatic carbocycles. The minimum absolute atomic E-state index is 0.0287.